The molecule has 0 bridgehead atoms. The van der Waals surface area contributed by atoms with E-state index in [9.17, 15) is 13.2 Å². The largest absolute Gasteiger partial charge is 0.398 e. The van der Waals surface area contributed by atoms with Crippen molar-refractivity contribution in [2.45, 2.75) is 12.3 Å². The van der Waals surface area contributed by atoms with Gasteiger partial charge in [0.2, 0.25) is 0 Å². The zero-order valence-electron chi connectivity index (χ0n) is 10.8. The summed E-state index contributed by atoms with van der Waals surface area (Å²) in [6.45, 7) is 2.30. The highest BCUT2D eigenvalue weighted by Gasteiger charge is 2.35. The Labute approximate surface area is 121 Å². The van der Waals surface area contributed by atoms with Gasteiger partial charge in [0.05, 0.1) is 4.88 Å². The number of nitrogens with zero attached hydrogens (tertiary/aromatic N) is 1. The molecule has 5 nitrogen and oxygen atoms in total. The van der Waals surface area contributed by atoms with Gasteiger partial charge in [-0.1, -0.05) is 0 Å². The molecule has 8 heteroatoms. The van der Waals surface area contributed by atoms with Crippen LogP contribution in [0.15, 0.2) is 6.07 Å². The Morgan fingerprint density at radius 2 is 2.21 bits per heavy atom. The van der Waals surface area contributed by atoms with Crippen LogP contribution in [0, 0.1) is 6.92 Å². The minimum absolute atomic E-state index is 0.236. The Hall–Kier alpha value is -0.730. The van der Waals surface area contributed by atoms with Crippen molar-refractivity contribution in [3.8, 4) is 0 Å². The molecule has 1 fully saturated rings. The monoisotopic (exact) mass is 320 g/mol. The molecule has 1 aromatic heterocycles. The lowest BCUT2D eigenvalue weighted by Gasteiger charge is -2.33. The number of thiophene rings is 1. The van der Waals surface area contributed by atoms with E-state index in [2.05, 4.69) is 0 Å². The van der Waals surface area contributed by atoms with Gasteiger partial charge >= 0.3 is 0 Å². The SMILES string of the molecule is Cc1sc(C(=O)N2CCSCC2S(C)(=O)=O)cc1N. The van der Waals surface area contributed by atoms with Crippen molar-refractivity contribution in [2.75, 3.05) is 30.0 Å². The smallest absolute Gasteiger partial charge is 0.265 e. The average molecular weight is 320 g/mol. The first-order valence-corrected chi connectivity index (χ1v) is 9.67. The zero-order valence-corrected chi connectivity index (χ0v) is 13.2. The maximum Gasteiger partial charge on any atom is 0.265 e. The van der Waals surface area contributed by atoms with Crippen LogP contribution in [0.4, 0.5) is 5.69 Å². The third kappa shape index (κ3) is 3.06. The van der Waals surface area contributed by atoms with Crippen LogP contribution in [0.1, 0.15) is 14.5 Å². The molecule has 106 valence electrons. The molecule has 1 aliphatic rings. The van der Waals surface area contributed by atoms with Crippen LogP contribution in [0.3, 0.4) is 0 Å². The third-order valence-electron chi connectivity index (χ3n) is 3.01. The maximum atomic E-state index is 12.4. The van der Waals surface area contributed by atoms with E-state index in [1.54, 1.807) is 17.8 Å². The summed E-state index contributed by atoms with van der Waals surface area (Å²) < 4.78 is 23.6. The number of carbonyl (C=O) groups excluding carboxylic acids is 1. The first kappa shape index (κ1) is 14.7. The number of carbonyl (C=O) groups is 1. The molecular weight excluding hydrogens is 304 g/mol. The first-order valence-electron chi connectivity index (χ1n) is 5.74. The second kappa shape index (κ2) is 5.34. The van der Waals surface area contributed by atoms with Gasteiger partial charge < -0.3 is 10.6 Å². The topological polar surface area (TPSA) is 80.5 Å². The van der Waals surface area contributed by atoms with Gasteiger partial charge in [0.25, 0.3) is 5.91 Å². The van der Waals surface area contributed by atoms with Crippen molar-refractivity contribution in [2.24, 2.45) is 0 Å². The number of nitrogen functional groups attached to an aromatic ring is 1. The lowest BCUT2D eigenvalue weighted by atomic mass is 10.3. The van der Waals surface area contributed by atoms with E-state index in [1.165, 1.54) is 22.5 Å². The molecule has 1 saturated heterocycles. The Bertz CT molecular complexity index is 575. The van der Waals surface area contributed by atoms with E-state index in [0.717, 1.165) is 10.6 Å². The molecule has 0 aromatic carbocycles. The lowest BCUT2D eigenvalue weighted by molar-refractivity contribution is 0.0754. The van der Waals surface area contributed by atoms with Crippen molar-refractivity contribution >= 4 is 44.5 Å². The first-order chi connectivity index (χ1) is 8.80. The Morgan fingerprint density at radius 1 is 1.53 bits per heavy atom. The summed E-state index contributed by atoms with van der Waals surface area (Å²) in [5, 5.41) is -0.734. The number of sulfone groups is 1. The fraction of sp³-hybridized carbons (Fsp3) is 0.545. The van der Waals surface area contributed by atoms with Crippen molar-refractivity contribution in [3.05, 3.63) is 15.8 Å². The van der Waals surface area contributed by atoms with E-state index in [0.29, 0.717) is 22.9 Å². The predicted molar refractivity (Wildman–Crippen MR) is 80.5 cm³/mol. The highest BCUT2D eigenvalue weighted by atomic mass is 32.2. The van der Waals surface area contributed by atoms with Crippen molar-refractivity contribution in [1.29, 1.82) is 0 Å². The molecule has 1 atom stereocenters. The van der Waals surface area contributed by atoms with Gasteiger partial charge in [-0.3, -0.25) is 4.79 Å². The van der Waals surface area contributed by atoms with Crippen molar-refractivity contribution < 1.29 is 13.2 Å². The molecule has 0 radical (unpaired) electrons. The molecule has 1 unspecified atom stereocenters. The molecule has 1 aromatic rings. The van der Waals surface area contributed by atoms with Gasteiger partial charge in [-0.2, -0.15) is 11.8 Å². The van der Waals surface area contributed by atoms with E-state index in [4.69, 9.17) is 5.73 Å². The highest BCUT2D eigenvalue weighted by Crippen LogP contribution is 2.28. The standard InChI is InChI=1S/C11H16N2O3S3/c1-7-8(12)5-9(18-7)11(14)13-3-4-17-6-10(13)19(2,15)16/h5,10H,3-4,6,12H2,1-2H3. The van der Waals surface area contributed by atoms with Gasteiger partial charge in [-0.05, 0) is 13.0 Å². The fourth-order valence-electron chi connectivity index (χ4n) is 1.91. The molecule has 19 heavy (non-hydrogen) atoms. The second-order valence-electron chi connectivity index (χ2n) is 4.48. The van der Waals surface area contributed by atoms with Gasteiger partial charge in [-0.15, -0.1) is 11.3 Å². The van der Waals surface area contributed by atoms with Gasteiger partial charge in [0.15, 0.2) is 9.84 Å². The fourth-order valence-corrected chi connectivity index (χ4v) is 5.62. The van der Waals surface area contributed by atoms with Crippen LogP contribution in [-0.4, -0.2) is 48.9 Å². The number of rotatable bonds is 2. The predicted octanol–water partition coefficient (Wildman–Crippen LogP) is 1.20. The minimum Gasteiger partial charge on any atom is -0.398 e. The van der Waals surface area contributed by atoms with Crippen LogP contribution in [0.2, 0.25) is 0 Å². The third-order valence-corrected chi connectivity index (χ3v) is 6.70. The van der Waals surface area contributed by atoms with Crippen LogP contribution in [0.25, 0.3) is 0 Å². The summed E-state index contributed by atoms with van der Waals surface area (Å²) in [5.41, 5.74) is 6.33. The molecule has 1 aliphatic heterocycles. The van der Waals surface area contributed by atoms with Gasteiger partial charge in [0, 0.05) is 34.9 Å². The Balaban J connectivity index is 2.30. The summed E-state index contributed by atoms with van der Waals surface area (Å²) in [6.07, 6.45) is 1.18. The summed E-state index contributed by atoms with van der Waals surface area (Å²) in [5.74, 6) is 0.961. The Morgan fingerprint density at radius 3 is 2.74 bits per heavy atom. The summed E-state index contributed by atoms with van der Waals surface area (Å²) >= 11 is 2.87. The second-order valence-corrected chi connectivity index (χ2v) is 9.09. The molecule has 2 N–H and O–H groups in total. The molecule has 0 aliphatic carbocycles. The number of hydrogen-bond donors (Lipinski definition) is 1. The number of anilines is 1. The molecule has 0 spiro atoms. The van der Waals surface area contributed by atoms with Gasteiger partial charge in [-0.25, -0.2) is 8.42 Å². The molecular formula is C11H16N2O3S3. The van der Waals surface area contributed by atoms with E-state index < -0.39 is 15.2 Å². The summed E-state index contributed by atoms with van der Waals surface area (Å²) in [7, 11) is -3.27. The van der Waals surface area contributed by atoms with Gasteiger partial charge in [0.1, 0.15) is 5.37 Å². The number of aryl methyl sites for hydroxylation is 1. The number of hydrogen-bond acceptors (Lipinski definition) is 6. The quantitative estimate of drug-likeness (QED) is 0.885. The van der Waals surface area contributed by atoms with Crippen LogP contribution < -0.4 is 5.73 Å². The number of nitrogens with two attached hydrogens (primary N) is 1. The van der Waals surface area contributed by atoms with E-state index >= 15 is 0 Å². The van der Waals surface area contributed by atoms with Crippen molar-refractivity contribution in [3.63, 3.8) is 0 Å². The summed E-state index contributed by atoms with van der Waals surface area (Å²) in [4.78, 5) is 15.3. The van der Waals surface area contributed by atoms with E-state index in [1.807, 2.05) is 6.92 Å². The number of thioether (sulfide) groups is 1. The minimum atomic E-state index is -3.27. The average Bonchev–Trinajstić information content (AvgIpc) is 2.68. The zero-order chi connectivity index (χ0) is 14.2. The summed E-state index contributed by atoms with van der Waals surface area (Å²) in [6, 6.07) is 1.63. The van der Waals surface area contributed by atoms with Crippen LogP contribution in [0.5, 0.6) is 0 Å². The Kier molecular flexibility index (Phi) is 4.12. The molecule has 0 saturated carbocycles. The van der Waals surface area contributed by atoms with Crippen LogP contribution >= 0.6 is 23.1 Å². The number of amides is 1. The molecule has 2 rings (SSSR count). The molecule has 1 amide bonds. The highest BCUT2D eigenvalue weighted by molar-refractivity contribution is 8.00. The normalized spacial score (nSPS) is 20.5. The van der Waals surface area contributed by atoms with Crippen LogP contribution in [-0.2, 0) is 9.84 Å². The maximum absolute atomic E-state index is 12.4. The lowest BCUT2D eigenvalue weighted by Crippen LogP contribution is -2.49. The van der Waals surface area contributed by atoms with E-state index in [-0.39, 0.29) is 5.91 Å². The molecule has 2 heterocycles. The van der Waals surface area contributed by atoms with Crippen molar-refractivity contribution in [1.82, 2.24) is 4.90 Å².